The monoisotopic (exact) mass is 1380 g/mol. The van der Waals surface area contributed by atoms with Crippen molar-refractivity contribution < 1.29 is 62.5 Å². The van der Waals surface area contributed by atoms with Crippen LogP contribution in [-0.2, 0) is 54.4 Å². The number of ether oxygens (including phenoxy) is 3. The third-order valence-electron chi connectivity index (χ3n) is 17.5. The minimum atomic E-state index is -1.10. The van der Waals surface area contributed by atoms with Crippen molar-refractivity contribution in [2.24, 2.45) is 35.3 Å². The fourth-order valence-corrected chi connectivity index (χ4v) is 12.2. The summed E-state index contributed by atoms with van der Waals surface area (Å²) < 4.78 is 17.8. The van der Waals surface area contributed by atoms with Crippen LogP contribution in [-0.4, -0.2) is 191 Å². The molecular weight excluding hydrogens is 1280 g/mol. The lowest BCUT2D eigenvalue weighted by atomic mass is 9.89. The molecule has 1 saturated heterocycles. The molecule has 0 radical (unpaired) electrons. The summed E-state index contributed by atoms with van der Waals surface area (Å²) in [6.07, 6.45) is 0.976. The Morgan fingerprint density at radius 1 is 0.719 bits per heavy atom. The number of hydrogen-bond acceptors (Lipinski definition) is 17. The Bertz CT molecular complexity index is 2990. The Labute approximate surface area is 575 Å². The predicted octanol–water partition coefficient (Wildman–Crippen LogP) is 6.76. The van der Waals surface area contributed by atoms with Crippen molar-refractivity contribution in [3.63, 3.8) is 0 Å². The minimum absolute atomic E-state index is 0.0421. The number of nitrogens with zero attached hydrogens (tertiary/aromatic N) is 6. The lowest BCUT2D eigenvalue weighted by Gasteiger charge is -2.41. The Morgan fingerprint density at radius 3 is 1.95 bits per heavy atom. The van der Waals surface area contributed by atoms with Crippen molar-refractivity contribution in [2.75, 3.05) is 58.6 Å². The van der Waals surface area contributed by atoms with Gasteiger partial charge in [-0.05, 0) is 116 Å². The first kappa shape index (κ1) is 81.0. The molecule has 1 aromatic heterocycles. The van der Waals surface area contributed by atoms with Crippen LogP contribution in [0.5, 0.6) is 0 Å². The molecule has 534 valence electrons. The fraction of sp³-hybridized carbons (Fsp3) is 0.642. The van der Waals surface area contributed by atoms with Crippen molar-refractivity contribution in [3.8, 4) is 0 Å². The van der Waals surface area contributed by atoms with Gasteiger partial charge in [-0.25, -0.2) is 9.59 Å². The number of nitrogens with two attached hydrogens (primary N) is 1. The van der Waals surface area contributed by atoms with Crippen molar-refractivity contribution in [1.82, 2.24) is 56.2 Å². The molecule has 4 rings (SSSR count). The van der Waals surface area contributed by atoms with Gasteiger partial charge in [0.15, 0.2) is 0 Å². The van der Waals surface area contributed by atoms with E-state index in [0.29, 0.717) is 68.4 Å². The number of unbranched alkanes of at least 4 members (excludes halogenated alkanes) is 2. The maximum Gasteiger partial charge on any atom is 0.410 e. The second-order valence-electron chi connectivity index (χ2n) is 25.7. The minimum Gasteiger partial charge on any atom is -0.445 e. The van der Waals surface area contributed by atoms with Crippen LogP contribution < -0.4 is 43.0 Å². The molecule has 0 saturated carbocycles. The molecule has 1 fully saturated rings. The van der Waals surface area contributed by atoms with Gasteiger partial charge in [0.1, 0.15) is 30.8 Å². The van der Waals surface area contributed by atoms with E-state index >= 15 is 0 Å². The summed E-state index contributed by atoms with van der Waals surface area (Å²) in [5.41, 5.74) is 6.80. The smallest absolute Gasteiger partial charge is 0.410 e. The number of rotatable bonds is 39. The lowest BCUT2D eigenvalue weighted by molar-refractivity contribution is -0.148. The number of aromatic nitrogens is 3. The number of aliphatic hydroxyl groups excluding tert-OH is 1. The zero-order valence-electron chi connectivity index (χ0n) is 58.1. The highest BCUT2D eigenvalue weighted by molar-refractivity contribution is 6.31. The number of urea groups is 1. The average molecular weight is 1380 g/mol. The number of aliphatic hydroxyl groups is 1. The topological polar surface area (TPSA) is 360 Å². The second-order valence-corrected chi connectivity index (χ2v) is 26.4. The number of likely N-dealkylation sites (tertiary alicyclic amines) is 1. The summed E-state index contributed by atoms with van der Waals surface area (Å²) in [4.78, 5) is 139. The number of amides is 10. The normalized spacial score (nSPS) is 16.5. The molecule has 12 atom stereocenters. The highest BCUT2D eigenvalue weighted by Gasteiger charge is 2.44. The largest absolute Gasteiger partial charge is 0.445 e. The first-order valence-electron chi connectivity index (χ1n) is 33.1. The van der Waals surface area contributed by atoms with Gasteiger partial charge in [-0.1, -0.05) is 118 Å². The number of methoxy groups -OCH3 is 2. The van der Waals surface area contributed by atoms with E-state index < -0.39 is 114 Å². The summed E-state index contributed by atoms with van der Waals surface area (Å²) in [5, 5.41) is 30.6. The summed E-state index contributed by atoms with van der Waals surface area (Å²) in [5.74, 6) is -4.91. The van der Waals surface area contributed by atoms with Crippen molar-refractivity contribution in [2.45, 2.75) is 201 Å². The van der Waals surface area contributed by atoms with Gasteiger partial charge in [-0.2, -0.15) is 15.0 Å². The van der Waals surface area contributed by atoms with Gasteiger partial charge < -0.3 is 72.1 Å². The van der Waals surface area contributed by atoms with Crippen LogP contribution in [0, 0.1) is 29.6 Å². The van der Waals surface area contributed by atoms with E-state index in [1.54, 1.807) is 109 Å². The highest BCUT2D eigenvalue weighted by atomic mass is 35.5. The zero-order valence-corrected chi connectivity index (χ0v) is 59.6. The number of carbonyl (C=O) groups excluding carboxylic acids is 9. The molecule has 10 N–H and O–H groups in total. The Hall–Kier alpha value is -7.46. The van der Waals surface area contributed by atoms with Crippen LogP contribution in [0.2, 0.25) is 10.6 Å². The SMILES string of the molecule is CC[C@H](C)[C@@H]([C@@H](CC(=O)N1CCC[C@H]1[C@H](OC)[C@@H](C)C(=O)N[C@H](C)[C@@H](O)c1ccccc1)OC)N(C)C(=O)[C@@H](NC(=O)C(C(C)C)N(C)C(=O)OCc1ccc(NC(=O)[C@H](CCCNC(N)=O)NC(=O)C(NC(=O)CCCCCNc2nc(Cl)nc(Cl)n2)C(C)C)cc1)C(C)C. The Kier molecular flexibility index (Phi) is 34.0. The molecule has 29 heteroatoms. The highest BCUT2D eigenvalue weighted by Crippen LogP contribution is 2.31. The van der Waals surface area contributed by atoms with E-state index in [1.807, 2.05) is 32.0 Å². The molecule has 3 aromatic rings. The first-order chi connectivity index (χ1) is 45.4. The molecule has 0 spiro atoms. The summed E-state index contributed by atoms with van der Waals surface area (Å²) in [6.45, 7) is 18.9. The average Bonchev–Trinajstić information content (AvgIpc) is 1.61. The van der Waals surface area contributed by atoms with Gasteiger partial charge in [0, 0.05) is 60.1 Å². The maximum absolute atomic E-state index is 14.8. The number of benzene rings is 2. The van der Waals surface area contributed by atoms with Gasteiger partial charge >= 0.3 is 12.1 Å². The molecule has 10 amide bonds. The Morgan fingerprint density at radius 2 is 1.36 bits per heavy atom. The predicted molar refractivity (Wildman–Crippen MR) is 366 cm³/mol. The van der Waals surface area contributed by atoms with Gasteiger partial charge in [-0.15, -0.1) is 0 Å². The number of nitrogens with one attached hydrogen (secondary N) is 7. The maximum atomic E-state index is 14.8. The molecule has 2 unspecified atom stereocenters. The molecule has 27 nitrogen and oxygen atoms in total. The number of halogens is 2. The van der Waals surface area contributed by atoms with Crippen molar-refractivity contribution >= 4 is 88.3 Å². The van der Waals surface area contributed by atoms with E-state index in [2.05, 4.69) is 52.2 Å². The zero-order chi connectivity index (χ0) is 71.5. The third kappa shape index (κ3) is 24.9. The molecular formula is C67H104Cl2N14O13. The van der Waals surface area contributed by atoms with E-state index in [-0.39, 0.29) is 84.9 Å². The summed E-state index contributed by atoms with van der Waals surface area (Å²) in [7, 11) is 6.09. The number of primary amides is 1. The molecule has 1 aliphatic heterocycles. The van der Waals surface area contributed by atoms with Gasteiger partial charge in [0.25, 0.3) is 0 Å². The van der Waals surface area contributed by atoms with Crippen LogP contribution in [0.1, 0.15) is 151 Å². The Balaban J connectivity index is 1.37. The van der Waals surface area contributed by atoms with Gasteiger partial charge in [0.2, 0.25) is 57.9 Å². The molecule has 2 heterocycles. The fourth-order valence-electron chi connectivity index (χ4n) is 11.9. The summed E-state index contributed by atoms with van der Waals surface area (Å²) in [6, 6.07) is 8.85. The van der Waals surface area contributed by atoms with Crippen LogP contribution in [0.3, 0.4) is 0 Å². The van der Waals surface area contributed by atoms with E-state index in [4.69, 9.17) is 43.1 Å². The van der Waals surface area contributed by atoms with Gasteiger partial charge in [-0.3, -0.25) is 38.5 Å². The number of hydrogen-bond donors (Lipinski definition) is 9. The van der Waals surface area contributed by atoms with Gasteiger partial charge in [0.05, 0.1) is 48.8 Å². The third-order valence-corrected chi connectivity index (χ3v) is 17.8. The van der Waals surface area contributed by atoms with Crippen molar-refractivity contribution in [1.29, 1.82) is 0 Å². The molecule has 2 aromatic carbocycles. The van der Waals surface area contributed by atoms with Crippen molar-refractivity contribution in [3.05, 3.63) is 76.3 Å². The summed E-state index contributed by atoms with van der Waals surface area (Å²) >= 11 is 11.7. The second kappa shape index (κ2) is 40.3. The van der Waals surface area contributed by atoms with E-state index in [1.165, 1.54) is 26.2 Å². The van der Waals surface area contributed by atoms with E-state index in [9.17, 15) is 48.3 Å². The molecule has 1 aliphatic rings. The van der Waals surface area contributed by atoms with Crippen LogP contribution in [0.25, 0.3) is 0 Å². The quantitative estimate of drug-likeness (QED) is 0.0266. The standard InChI is InChI=1S/C67H104Cl2N14O13/c1-15-41(8)55(49(94-13)36-51(85)83-35-23-27-48(83)57(95-14)42(9)58(87)73-43(10)56(86)45-24-18-16-19-25-45)81(11)62(91)53(39(4)5)77-61(90)54(40(6)7)82(12)67(93)96-37-44-29-31-46(32-30-44)74-59(88)47(26-22-34-71-65(70)92)75-60(89)52(38(2)3)76-50(84)28-20-17-21-33-72-66-79-63(68)78-64(69)80-66/h16,18-19,24-25,29-32,38-43,47-49,52-57,86H,15,17,20-23,26-28,33-37H2,1-14H3,(H,73,87)(H,74,88)(H,75,89)(H,76,84)(H,77,90)(H3,70,71,92)(H,72,78,79,80)/t41-,42+,43+,47-,48-,49+,52?,53-,54?,55-,56+,57+/m0/s1. The lowest BCUT2D eigenvalue weighted by Crippen LogP contribution is -2.60. The van der Waals surface area contributed by atoms with Crippen LogP contribution >= 0.6 is 23.2 Å². The van der Waals surface area contributed by atoms with E-state index in [0.717, 1.165) is 0 Å². The van der Waals surface area contributed by atoms with Crippen LogP contribution in [0.4, 0.5) is 21.2 Å². The first-order valence-corrected chi connectivity index (χ1v) is 33.9. The number of likely N-dealkylation sites (N-methyl/N-ethyl adjacent to an activating group) is 2. The molecule has 0 bridgehead atoms. The number of anilines is 2. The molecule has 96 heavy (non-hydrogen) atoms. The molecule has 0 aliphatic carbocycles. The van der Waals surface area contributed by atoms with Crippen LogP contribution in [0.15, 0.2) is 54.6 Å². The number of carbonyl (C=O) groups is 9.